The minimum atomic E-state index is -0.775. The second kappa shape index (κ2) is 7.43. The van der Waals surface area contributed by atoms with Crippen molar-refractivity contribution in [3.8, 4) is 0 Å². The van der Waals surface area contributed by atoms with E-state index in [1.54, 1.807) is 0 Å². The van der Waals surface area contributed by atoms with Gasteiger partial charge in [-0.25, -0.2) is 0 Å². The van der Waals surface area contributed by atoms with Crippen molar-refractivity contribution in [2.75, 3.05) is 13.2 Å². The summed E-state index contributed by atoms with van der Waals surface area (Å²) in [7, 11) is -0.775. The van der Waals surface area contributed by atoms with Gasteiger partial charge in [-0.05, 0) is 38.9 Å². The lowest BCUT2D eigenvalue weighted by Crippen LogP contribution is -2.32. The number of rotatable bonds is 6. The molecular formula is C11H25NOSi. The monoisotopic (exact) mass is 215 g/mol. The maximum absolute atomic E-state index is 5.63. The van der Waals surface area contributed by atoms with E-state index in [2.05, 4.69) is 18.4 Å². The first kappa shape index (κ1) is 12.2. The SMILES string of the molecule is C[SiH](C)OCCCNC1CCCCC1. The summed E-state index contributed by atoms with van der Waals surface area (Å²) in [5, 5.41) is 3.63. The molecule has 2 nitrogen and oxygen atoms in total. The molecule has 0 spiro atoms. The summed E-state index contributed by atoms with van der Waals surface area (Å²) in [5.41, 5.74) is 0. The van der Waals surface area contributed by atoms with Crippen LogP contribution in [0.1, 0.15) is 38.5 Å². The van der Waals surface area contributed by atoms with E-state index in [1.165, 1.54) is 38.5 Å². The van der Waals surface area contributed by atoms with E-state index in [0.29, 0.717) is 0 Å². The van der Waals surface area contributed by atoms with Gasteiger partial charge in [0.2, 0.25) is 0 Å². The Morgan fingerprint density at radius 2 is 1.93 bits per heavy atom. The van der Waals surface area contributed by atoms with Gasteiger partial charge in [0.15, 0.2) is 9.04 Å². The Kier molecular flexibility index (Phi) is 6.48. The molecule has 0 bridgehead atoms. The molecule has 0 amide bonds. The molecule has 1 aliphatic rings. The first-order valence-corrected chi connectivity index (χ1v) is 8.92. The zero-order valence-corrected chi connectivity index (χ0v) is 10.9. The third-order valence-corrected chi connectivity index (χ3v) is 3.71. The van der Waals surface area contributed by atoms with Crippen molar-refractivity contribution in [1.29, 1.82) is 0 Å². The molecule has 14 heavy (non-hydrogen) atoms. The topological polar surface area (TPSA) is 21.3 Å². The molecule has 0 atom stereocenters. The Hall–Kier alpha value is 0.137. The fourth-order valence-corrected chi connectivity index (χ4v) is 2.64. The van der Waals surface area contributed by atoms with Crippen molar-refractivity contribution in [3.05, 3.63) is 0 Å². The highest BCUT2D eigenvalue weighted by atomic mass is 28.3. The van der Waals surface area contributed by atoms with Crippen LogP contribution in [-0.4, -0.2) is 28.2 Å². The van der Waals surface area contributed by atoms with E-state index >= 15 is 0 Å². The van der Waals surface area contributed by atoms with Crippen LogP contribution in [0, 0.1) is 0 Å². The predicted molar refractivity (Wildman–Crippen MR) is 64.3 cm³/mol. The summed E-state index contributed by atoms with van der Waals surface area (Å²) in [6, 6.07) is 0.806. The van der Waals surface area contributed by atoms with Crippen LogP contribution in [0.4, 0.5) is 0 Å². The van der Waals surface area contributed by atoms with E-state index in [9.17, 15) is 0 Å². The predicted octanol–water partition coefficient (Wildman–Crippen LogP) is 2.30. The second-order valence-electron chi connectivity index (χ2n) is 4.56. The highest BCUT2D eigenvalue weighted by molar-refractivity contribution is 6.48. The lowest BCUT2D eigenvalue weighted by atomic mass is 9.95. The summed E-state index contributed by atoms with van der Waals surface area (Å²) in [6.07, 6.45) is 8.25. The lowest BCUT2D eigenvalue weighted by Gasteiger charge is -2.22. The van der Waals surface area contributed by atoms with Crippen LogP contribution in [0.25, 0.3) is 0 Å². The number of hydrogen-bond acceptors (Lipinski definition) is 2. The van der Waals surface area contributed by atoms with Crippen LogP contribution < -0.4 is 5.32 Å². The van der Waals surface area contributed by atoms with Gasteiger partial charge in [-0.15, -0.1) is 0 Å². The average Bonchev–Trinajstić information content (AvgIpc) is 2.18. The van der Waals surface area contributed by atoms with Crippen molar-refractivity contribution >= 4 is 9.04 Å². The van der Waals surface area contributed by atoms with Crippen LogP contribution in [0.2, 0.25) is 13.1 Å². The largest absolute Gasteiger partial charge is 0.421 e. The van der Waals surface area contributed by atoms with Gasteiger partial charge < -0.3 is 9.74 Å². The summed E-state index contributed by atoms with van der Waals surface area (Å²) in [6.45, 7) is 6.57. The van der Waals surface area contributed by atoms with Gasteiger partial charge in [-0.3, -0.25) is 0 Å². The summed E-state index contributed by atoms with van der Waals surface area (Å²) < 4.78 is 5.63. The van der Waals surface area contributed by atoms with Crippen LogP contribution in [0.5, 0.6) is 0 Å². The maximum Gasteiger partial charge on any atom is 0.170 e. The van der Waals surface area contributed by atoms with Crippen molar-refractivity contribution < 1.29 is 4.43 Å². The van der Waals surface area contributed by atoms with E-state index in [1.807, 2.05) is 0 Å². The molecule has 1 aliphatic carbocycles. The van der Waals surface area contributed by atoms with Crippen LogP contribution in [0.15, 0.2) is 0 Å². The van der Waals surface area contributed by atoms with E-state index in [4.69, 9.17) is 4.43 Å². The van der Waals surface area contributed by atoms with Gasteiger partial charge in [0.1, 0.15) is 0 Å². The fraction of sp³-hybridized carbons (Fsp3) is 1.00. The molecular weight excluding hydrogens is 190 g/mol. The van der Waals surface area contributed by atoms with Crippen LogP contribution in [-0.2, 0) is 4.43 Å². The molecule has 84 valence electrons. The highest BCUT2D eigenvalue weighted by Crippen LogP contribution is 2.17. The standard InChI is InChI=1S/C11H25NOSi/c1-14(2)13-10-6-9-12-11-7-4-3-5-8-11/h11-12,14H,3-10H2,1-2H3. The Labute approximate surface area is 90.1 Å². The van der Waals surface area contributed by atoms with Crippen LogP contribution >= 0.6 is 0 Å². The molecule has 0 heterocycles. The van der Waals surface area contributed by atoms with Crippen LogP contribution in [0.3, 0.4) is 0 Å². The molecule has 1 rings (SSSR count). The van der Waals surface area contributed by atoms with E-state index in [0.717, 1.165) is 19.2 Å². The molecule has 0 aliphatic heterocycles. The lowest BCUT2D eigenvalue weighted by molar-refractivity contribution is 0.302. The minimum Gasteiger partial charge on any atom is -0.421 e. The van der Waals surface area contributed by atoms with Gasteiger partial charge in [-0.1, -0.05) is 19.3 Å². The summed E-state index contributed by atoms with van der Waals surface area (Å²) in [5.74, 6) is 0. The third-order valence-electron chi connectivity index (χ3n) is 2.81. The molecule has 1 N–H and O–H groups in total. The normalized spacial score (nSPS) is 19.1. The van der Waals surface area contributed by atoms with E-state index in [-0.39, 0.29) is 0 Å². The van der Waals surface area contributed by atoms with Crippen molar-refractivity contribution in [1.82, 2.24) is 5.32 Å². The molecule has 0 unspecified atom stereocenters. The van der Waals surface area contributed by atoms with Gasteiger partial charge in [0.25, 0.3) is 0 Å². The molecule has 1 saturated carbocycles. The zero-order chi connectivity index (χ0) is 10.2. The highest BCUT2D eigenvalue weighted by Gasteiger charge is 2.11. The second-order valence-corrected chi connectivity index (χ2v) is 6.99. The molecule has 0 aromatic rings. The van der Waals surface area contributed by atoms with Crippen molar-refractivity contribution in [2.24, 2.45) is 0 Å². The summed E-state index contributed by atoms with van der Waals surface area (Å²) >= 11 is 0. The molecule has 1 fully saturated rings. The smallest absolute Gasteiger partial charge is 0.170 e. The Morgan fingerprint density at radius 1 is 1.21 bits per heavy atom. The molecule has 3 heteroatoms. The number of hydrogen-bond donors (Lipinski definition) is 1. The molecule has 0 radical (unpaired) electrons. The van der Waals surface area contributed by atoms with Gasteiger partial charge in [0, 0.05) is 12.6 Å². The van der Waals surface area contributed by atoms with Crippen molar-refractivity contribution in [2.45, 2.75) is 57.7 Å². The number of nitrogens with one attached hydrogen (secondary N) is 1. The van der Waals surface area contributed by atoms with E-state index < -0.39 is 9.04 Å². The fourth-order valence-electron chi connectivity index (χ4n) is 2.00. The minimum absolute atomic E-state index is 0.775. The average molecular weight is 215 g/mol. The Balaban J connectivity index is 1.87. The molecule has 0 saturated heterocycles. The quantitative estimate of drug-likeness (QED) is 0.542. The molecule has 0 aromatic heterocycles. The maximum atomic E-state index is 5.63. The summed E-state index contributed by atoms with van der Waals surface area (Å²) in [4.78, 5) is 0. The zero-order valence-electron chi connectivity index (χ0n) is 9.72. The van der Waals surface area contributed by atoms with Gasteiger partial charge in [-0.2, -0.15) is 0 Å². The Bertz CT molecular complexity index is 135. The molecule has 0 aromatic carbocycles. The first-order valence-electron chi connectivity index (χ1n) is 6.14. The van der Waals surface area contributed by atoms with Gasteiger partial charge >= 0.3 is 0 Å². The van der Waals surface area contributed by atoms with Gasteiger partial charge in [0.05, 0.1) is 0 Å². The van der Waals surface area contributed by atoms with Crippen molar-refractivity contribution in [3.63, 3.8) is 0 Å². The third kappa shape index (κ3) is 5.78. The Morgan fingerprint density at radius 3 is 2.57 bits per heavy atom. The first-order chi connectivity index (χ1) is 6.79.